The Morgan fingerprint density at radius 3 is 2.43 bits per heavy atom. The Morgan fingerprint density at radius 2 is 1.81 bits per heavy atom. The summed E-state index contributed by atoms with van der Waals surface area (Å²) in [5.41, 5.74) is 0. The molecule has 0 saturated carbocycles. The second-order valence-electron chi connectivity index (χ2n) is 7.07. The van der Waals surface area contributed by atoms with E-state index >= 15 is 0 Å². The maximum atomic E-state index is 12.5. The number of amides is 1. The predicted octanol–water partition coefficient (Wildman–Crippen LogP) is 1.93. The molecule has 0 aromatic rings. The van der Waals surface area contributed by atoms with Crippen molar-refractivity contribution >= 4 is 18.3 Å². The standard InChI is InChI=1S/C16H29N3O.ClH/c1-11-15(7-4-8-17-11)16(20)18-12-9-13-5-3-6-14(10-12)19(13)2;/h11-15,17H,3-10H2,1-2H3,(H,18,20);1H. The molecule has 0 aliphatic carbocycles. The molecule has 5 heteroatoms. The lowest BCUT2D eigenvalue weighted by Gasteiger charge is -2.47. The number of rotatable bonds is 2. The van der Waals surface area contributed by atoms with Gasteiger partial charge in [0.25, 0.3) is 0 Å². The molecule has 1 amide bonds. The van der Waals surface area contributed by atoms with E-state index in [4.69, 9.17) is 0 Å². The van der Waals surface area contributed by atoms with Crippen molar-refractivity contribution in [2.75, 3.05) is 13.6 Å². The van der Waals surface area contributed by atoms with E-state index in [1.165, 1.54) is 19.3 Å². The summed E-state index contributed by atoms with van der Waals surface area (Å²) in [6, 6.07) is 2.11. The molecule has 3 aliphatic rings. The fourth-order valence-electron chi connectivity index (χ4n) is 4.44. The molecule has 3 fully saturated rings. The topological polar surface area (TPSA) is 44.4 Å². The molecule has 0 aromatic heterocycles. The summed E-state index contributed by atoms with van der Waals surface area (Å²) >= 11 is 0. The summed E-state index contributed by atoms with van der Waals surface area (Å²) in [4.78, 5) is 15.1. The predicted molar refractivity (Wildman–Crippen MR) is 87.8 cm³/mol. The number of fused-ring (bicyclic) bond motifs is 2. The van der Waals surface area contributed by atoms with Crippen molar-refractivity contribution in [1.82, 2.24) is 15.5 Å². The van der Waals surface area contributed by atoms with Crippen molar-refractivity contribution in [3.8, 4) is 0 Å². The van der Waals surface area contributed by atoms with Gasteiger partial charge in [-0.05, 0) is 59.0 Å². The van der Waals surface area contributed by atoms with Crippen molar-refractivity contribution < 1.29 is 4.79 Å². The number of hydrogen-bond acceptors (Lipinski definition) is 3. The van der Waals surface area contributed by atoms with Gasteiger partial charge in [0.1, 0.15) is 0 Å². The molecule has 4 atom stereocenters. The van der Waals surface area contributed by atoms with E-state index in [-0.39, 0.29) is 24.2 Å². The number of nitrogens with zero attached hydrogens (tertiary/aromatic N) is 1. The van der Waals surface area contributed by atoms with E-state index < -0.39 is 0 Å². The van der Waals surface area contributed by atoms with Gasteiger partial charge in [-0.15, -0.1) is 12.4 Å². The third kappa shape index (κ3) is 3.72. The Balaban J connectivity index is 0.00000161. The van der Waals surface area contributed by atoms with Crippen LogP contribution in [0.15, 0.2) is 0 Å². The van der Waals surface area contributed by atoms with Gasteiger partial charge in [-0.2, -0.15) is 0 Å². The molecule has 3 aliphatic heterocycles. The van der Waals surface area contributed by atoms with E-state index in [0.717, 1.165) is 32.2 Å². The van der Waals surface area contributed by atoms with Crippen molar-refractivity contribution in [2.45, 2.75) is 76.0 Å². The number of halogens is 1. The smallest absolute Gasteiger partial charge is 0.224 e. The Kier molecular flexibility index (Phi) is 5.92. The number of carbonyl (C=O) groups excluding carboxylic acids is 1. The van der Waals surface area contributed by atoms with E-state index in [2.05, 4.69) is 29.5 Å². The molecule has 122 valence electrons. The third-order valence-corrected chi connectivity index (χ3v) is 5.78. The molecule has 3 rings (SSSR count). The zero-order valence-corrected chi connectivity index (χ0v) is 14.1. The van der Waals surface area contributed by atoms with Gasteiger partial charge in [0, 0.05) is 24.2 Å². The molecule has 3 saturated heterocycles. The SMILES string of the molecule is CC1NCCCC1C(=O)NC1CC2CCCC(C1)N2C.Cl. The molecule has 2 N–H and O–H groups in total. The molecule has 2 bridgehead atoms. The highest BCUT2D eigenvalue weighted by atomic mass is 35.5. The Labute approximate surface area is 134 Å². The lowest BCUT2D eigenvalue weighted by atomic mass is 9.82. The van der Waals surface area contributed by atoms with Crippen LogP contribution >= 0.6 is 12.4 Å². The van der Waals surface area contributed by atoms with Crippen LogP contribution in [0.25, 0.3) is 0 Å². The minimum atomic E-state index is 0. The van der Waals surface area contributed by atoms with Gasteiger partial charge in [0.2, 0.25) is 5.91 Å². The highest BCUT2D eigenvalue weighted by molar-refractivity contribution is 5.85. The van der Waals surface area contributed by atoms with Gasteiger partial charge in [-0.25, -0.2) is 0 Å². The summed E-state index contributed by atoms with van der Waals surface area (Å²) in [6.07, 6.45) is 8.44. The zero-order chi connectivity index (χ0) is 14.1. The van der Waals surface area contributed by atoms with E-state index in [1.807, 2.05) is 0 Å². The first-order chi connectivity index (χ1) is 9.65. The first-order valence-corrected chi connectivity index (χ1v) is 8.41. The van der Waals surface area contributed by atoms with Crippen LogP contribution in [0.1, 0.15) is 51.9 Å². The Bertz CT molecular complexity index is 351. The van der Waals surface area contributed by atoms with E-state index in [9.17, 15) is 4.79 Å². The summed E-state index contributed by atoms with van der Waals surface area (Å²) in [5, 5.41) is 6.79. The second kappa shape index (κ2) is 7.30. The van der Waals surface area contributed by atoms with Crippen molar-refractivity contribution in [3.05, 3.63) is 0 Å². The van der Waals surface area contributed by atoms with Gasteiger partial charge in [-0.1, -0.05) is 6.42 Å². The largest absolute Gasteiger partial charge is 0.353 e. The first-order valence-electron chi connectivity index (χ1n) is 8.41. The van der Waals surface area contributed by atoms with Crippen LogP contribution in [0.2, 0.25) is 0 Å². The van der Waals surface area contributed by atoms with Crippen LogP contribution in [-0.4, -0.2) is 48.6 Å². The van der Waals surface area contributed by atoms with Gasteiger partial charge in [0.15, 0.2) is 0 Å². The maximum absolute atomic E-state index is 12.5. The van der Waals surface area contributed by atoms with Crippen LogP contribution in [0.5, 0.6) is 0 Å². The lowest BCUT2D eigenvalue weighted by Crippen LogP contribution is -2.57. The van der Waals surface area contributed by atoms with Gasteiger partial charge >= 0.3 is 0 Å². The normalized spacial score (nSPS) is 40.2. The summed E-state index contributed by atoms with van der Waals surface area (Å²) in [5.74, 6) is 0.459. The zero-order valence-electron chi connectivity index (χ0n) is 13.3. The van der Waals surface area contributed by atoms with Crippen LogP contribution in [0.3, 0.4) is 0 Å². The van der Waals surface area contributed by atoms with Crippen LogP contribution < -0.4 is 10.6 Å². The van der Waals surface area contributed by atoms with Crippen LogP contribution in [0.4, 0.5) is 0 Å². The summed E-state index contributed by atoms with van der Waals surface area (Å²) in [7, 11) is 2.26. The maximum Gasteiger partial charge on any atom is 0.224 e. The molecule has 3 heterocycles. The number of hydrogen-bond donors (Lipinski definition) is 2. The lowest BCUT2D eigenvalue weighted by molar-refractivity contribution is -0.128. The number of piperidine rings is 3. The van der Waals surface area contributed by atoms with Gasteiger partial charge < -0.3 is 15.5 Å². The Morgan fingerprint density at radius 1 is 1.14 bits per heavy atom. The van der Waals surface area contributed by atoms with Gasteiger partial charge in [0.05, 0.1) is 5.92 Å². The molecular weight excluding hydrogens is 286 g/mol. The average molecular weight is 316 g/mol. The molecular formula is C16H30ClN3O. The summed E-state index contributed by atoms with van der Waals surface area (Å²) < 4.78 is 0. The highest BCUT2D eigenvalue weighted by Gasteiger charge is 2.37. The minimum Gasteiger partial charge on any atom is -0.353 e. The van der Waals surface area contributed by atoms with Crippen molar-refractivity contribution in [3.63, 3.8) is 0 Å². The van der Waals surface area contributed by atoms with Crippen molar-refractivity contribution in [1.29, 1.82) is 0 Å². The molecule has 0 spiro atoms. The fourth-order valence-corrected chi connectivity index (χ4v) is 4.44. The first kappa shape index (κ1) is 17.0. The molecule has 0 radical (unpaired) electrons. The minimum absolute atomic E-state index is 0. The van der Waals surface area contributed by atoms with Crippen LogP contribution in [-0.2, 0) is 4.79 Å². The van der Waals surface area contributed by atoms with Crippen molar-refractivity contribution in [2.24, 2.45) is 5.92 Å². The average Bonchev–Trinajstić information content (AvgIpc) is 2.40. The molecule has 4 nitrogen and oxygen atoms in total. The van der Waals surface area contributed by atoms with Crippen LogP contribution in [0, 0.1) is 5.92 Å². The van der Waals surface area contributed by atoms with E-state index in [1.54, 1.807) is 0 Å². The Hall–Kier alpha value is -0.320. The molecule has 4 unspecified atom stereocenters. The monoisotopic (exact) mass is 315 g/mol. The summed E-state index contributed by atoms with van der Waals surface area (Å²) in [6.45, 7) is 3.20. The highest BCUT2D eigenvalue weighted by Crippen LogP contribution is 2.32. The third-order valence-electron chi connectivity index (χ3n) is 5.78. The number of nitrogens with one attached hydrogen (secondary N) is 2. The quantitative estimate of drug-likeness (QED) is 0.818. The van der Waals surface area contributed by atoms with E-state index in [0.29, 0.717) is 24.2 Å². The molecule has 0 aromatic carbocycles. The fraction of sp³-hybridized carbons (Fsp3) is 0.938. The van der Waals surface area contributed by atoms with Gasteiger partial charge in [-0.3, -0.25) is 4.79 Å². The number of carbonyl (C=O) groups is 1. The second-order valence-corrected chi connectivity index (χ2v) is 7.07. The molecule has 21 heavy (non-hydrogen) atoms.